The molecule has 0 bridgehead atoms. The molecule has 1 saturated carbocycles. The van der Waals surface area contributed by atoms with Crippen molar-refractivity contribution in [2.75, 3.05) is 13.1 Å². The molecule has 3 unspecified atom stereocenters. The molecule has 0 aromatic carbocycles. The number of hydrogen-bond acceptors (Lipinski definition) is 2. The van der Waals surface area contributed by atoms with Gasteiger partial charge in [-0.05, 0) is 31.1 Å². The monoisotopic (exact) mass is 238 g/mol. The zero-order chi connectivity index (χ0) is 12.4. The fourth-order valence-electron chi connectivity index (χ4n) is 3.17. The van der Waals surface area contributed by atoms with E-state index in [-0.39, 0.29) is 18.4 Å². The Morgan fingerprint density at radius 2 is 2.00 bits per heavy atom. The molecular weight excluding hydrogens is 216 g/mol. The van der Waals surface area contributed by atoms with E-state index < -0.39 is 0 Å². The minimum Gasteiger partial charge on any atom is -0.347 e. The van der Waals surface area contributed by atoms with Crippen molar-refractivity contribution < 1.29 is 9.59 Å². The molecule has 96 valence electrons. The van der Waals surface area contributed by atoms with Crippen LogP contribution in [0.3, 0.4) is 0 Å². The maximum atomic E-state index is 12.0. The van der Waals surface area contributed by atoms with E-state index in [4.69, 9.17) is 0 Å². The Hall–Kier alpha value is -1.06. The highest BCUT2D eigenvalue weighted by atomic mass is 16.2. The van der Waals surface area contributed by atoms with Crippen LogP contribution >= 0.6 is 0 Å². The summed E-state index contributed by atoms with van der Waals surface area (Å²) in [6, 6.07) is 0.339. The average molecular weight is 238 g/mol. The fourth-order valence-corrected chi connectivity index (χ4v) is 3.17. The molecule has 1 heterocycles. The van der Waals surface area contributed by atoms with E-state index in [1.165, 1.54) is 12.8 Å². The Bertz CT molecular complexity index is 317. The second-order valence-electron chi connectivity index (χ2n) is 5.58. The summed E-state index contributed by atoms with van der Waals surface area (Å²) >= 11 is 0. The molecule has 2 rings (SSSR count). The van der Waals surface area contributed by atoms with E-state index in [2.05, 4.69) is 19.2 Å². The predicted molar refractivity (Wildman–Crippen MR) is 65.3 cm³/mol. The highest BCUT2D eigenvalue weighted by Crippen LogP contribution is 2.32. The summed E-state index contributed by atoms with van der Waals surface area (Å²) in [6.07, 6.45) is 3.92. The first-order valence-electron chi connectivity index (χ1n) is 6.64. The SMILES string of the molecule is CC1CCC(N2CCC(=O)NCC2=O)C(C)C1. The molecule has 4 heteroatoms. The standard InChI is InChI=1S/C13H22N2O2/c1-9-3-4-11(10(2)7-9)15-6-5-12(16)14-8-13(15)17/h9-11H,3-8H2,1-2H3,(H,14,16). The van der Waals surface area contributed by atoms with Gasteiger partial charge in [0.05, 0.1) is 6.54 Å². The number of amides is 2. The van der Waals surface area contributed by atoms with E-state index in [9.17, 15) is 9.59 Å². The van der Waals surface area contributed by atoms with Gasteiger partial charge in [-0.3, -0.25) is 9.59 Å². The Morgan fingerprint density at radius 1 is 1.24 bits per heavy atom. The van der Waals surface area contributed by atoms with Crippen molar-refractivity contribution in [3.05, 3.63) is 0 Å². The molecule has 17 heavy (non-hydrogen) atoms. The van der Waals surface area contributed by atoms with Crippen LogP contribution in [0.2, 0.25) is 0 Å². The van der Waals surface area contributed by atoms with Crippen molar-refractivity contribution in [2.24, 2.45) is 11.8 Å². The molecule has 4 nitrogen and oxygen atoms in total. The Kier molecular flexibility index (Phi) is 3.69. The normalized spacial score (nSPS) is 35.4. The van der Waals surface area contributed by atoms with Gasteiger partial charge in [-0.2, -0.15) is 0 Å². The van der Waals surface area contributed by atoms with Crippen LogP contribution in [0.15, 0.2) is 0 Å². The van der Waals surface area contributed by atoms with Gasteiger partial charge >= 0.3 is 0 Å². The second kappa shape index (κ2) is 5.07. The molecule has 2 aliphatic rings. The van der Waals surface area contributed by atoms with Gasteiger partial charge in [0, 0.05) is 19.0 Å². The number of nitrogens with one attached hydrogen (secondary N) is 1. The van der Waals surface area contributed by atoms with Crippen LogP contribution in [0.25, 0.3) is 0 Å². The summed E-state index contributed by atoms with van der Waals surface area (Å²) in [5.74, 6) is 1.40. The van der Waals surface area contributed by atoms with Crippen LogP contribution in [0.4, 0.5) is 0 Å². The van der Waals surface area contributed by atoms with Crippen LogP contribution in [-0.4, -0.2) is 35.8 Å². The van der Waals surface area contributed by atoms with Crippen molar-refractivity contribution >= 4 is 11.8 Å². The van der Waals surface area contributed by atoms with Gasteiger partial charge in [-0.15, -0.1) is 0 Å². The third-order valence-electron chi connectivity index (χ3n) is 4.12. The van der Waals surface area contributed by atoms with Gasteiger partial charge in [0.25, 0.3) is 0 Å². The van der Waals surface area contributed by atoms with E-state index in [0.717, 1.165) is 12.3 Å². The first kappa shape index (κ1) is 12.4. The van der Waals surface area contributed by atoms with E-state index in [1.807, 2.05) is 4.90 Å². The van der Waals surface area contributed by atoms with Gasteiger partial charge in [0.1, 0.15) is 0 Å². The molecule has 1 aliphatic carbocycles. The number of carbonyl (C=O) groups is 2. The van der Waals surface area contributed by atoms with E-state index in [0.29, 0.717) is 24.9 Å². The first-order valence-corrected chi connectivity index (χ1v) is 6.64. The minimum atomic E-state index is -0.00215. The maximum Gasteiger partial charge on any atom is 0.242 e. The summed E-state index contributed by atoms with van der Waals surface area (Å²) in [4.78, 5) is 25.2. The van der Waals surface area contributed by atoms with Gasteiger partial charge in [0.2, 0.25) is 11.8 Å². The summed E-state index contributed by atoms with van der Waals surface area (Å²) in [7, 11) is 0. The molecular formula is C13H22N2O2. The Labute approximate surface area is 103 Å². The van der Waals surface area contributed by atoms with Crippen molar-refractivity contribution in [2.45, 2.75) is 45.6 Å². The van der Waals surface area contributed by atoms with Gasteiger partial charge in [0.15, 0.2) is 0 Å². The number of carbonyl (C=O) groups excluding carboxylic acids is 2. The highest BCUT2D eigenvalue weighted by molar-refractivity contribution is 5.87. The number of nitrogens with zero attached hydrogens (tertiary/aromatic N) is 1. The Balaban J connectivity index is 2.04. The molecule has 1 aliphatic heterocycles. The molecule has 0 radical (unpaired) electrons. The van der Waals surface area contributed by atoms with Gasteiger partial charge < -0.3 is 10.2 Å². The predicted octanol–water partition coefficient (Wildman–Crippen LogP) is 1.16. The molecule has 2 amide bonds. The zero-order valence-electron chi connectivity index (χ0n) is 10.7. The fraction of sp³-hybridized carbons (Fsp3) is 0.846. The summed E-state index contributed by atoms with van der Waals surface area (Å²) in [5.41, 5.74) is 0. The molecule has 2 fully saturated rings. The van der Waals surface area contributed by atoms with E-state index >= 15 is 0 Å². The van der Waals surface area contributed by atoms with Crippen molar-refractivity contribution in [3.63, 3.8) is 0 Å². The topological polar surface area (TPSA) is 49.4 Å². The Morgan fingerprint density at radius 3 is 2.71 bits per heavy atom. The average Bonchev–Trinajstić information content (AvgIpc) is 2.43. The first-order chi connectivity index (χ1) is 8.08. The van der Waals surface area contributed by atoms with Crippen LogP contribution < -0.4 is 5.32 Å². The lowest BCUT2D eigenvalue weighted by molar-refractivity contribution is -0.134. The van der Waals surface area contributed by atoms with Crippen LogP contribution in [0.1, 0.15) is 39.5 Å². The number of hydrogen-bond donors (Lipinski definition) is 1. The largest absolute Gasteiger partial charge is 0.347 e. The third-order valence-corrected chi connectivity index (χ3v) is 4.12. The smallest absolute Gasteiger partial charge is 0.242 e. The highest BCUT2D eigenvalue weighted by Gasteiger charge is 2.33. The van der Waals surface area contributed by atoms with Crippen molar-refractivity contribution in [3.8, 4) is 0 Å². The zero-order valence-corrected chi connectivity index (χ0v) is 10.7. The molecule has 0 aromatic heterocycles. The molecule has 0 spiro atoms. The third kappa shape index (κ3) is 2.79. The van der Waals surface area contributed by atoms with Crippen LogP contribution in [0.5, 0.6) is 0 Å². The van der Waals surface area contributed by atoms with Gasteiger partial charge in [-0.25, -0.2) is 0 Å². The molecule has 3 atom stereocenters. The van der Waals surface area contributed by atoms with Crippen molar-refractivity contribution in [1.82, 2.24) is 10.2 Å². The van der Waals surface area contributed by atoms with E-state index in [1.54, 1.807) is 0 Å². The quantitative estimate of drug-likeness (QED) is 0.745. The number of rotatable bonds is 1. The summed E-state index contributed by atoms with van der Waals surface area (Å²) in [5, 5.41) is 2.66. The second-order valence-corrected chi connectivity index (χ2v) is 5.58. The summed E-state index contributed by atoms with van der Waals surface area (Å²) in [6.45, 7) is 5.28. The lowest BCUT2D eigenvalue weighted by atomic mass is 9.79. The molecule has 1 saturated heterocycles. The van der Waals surface area contributed by atoms with Crippen molar-refractivity contribution in [1.29, 1.82) is 0 Å². The van der Waals surface area contributed by atoms with Gasteiger partial charge in [-0.1, -0.05) is 13.8 Å². The molecule has 0 aromatic rings. The van der Waals surface area contributed by atoms with Crippen LogP contribution in [-0.2, 0) is 9.59 Å². The van der Waals surface area contributed by atoms with Crippen LogP contribution in [0, 0.1) is 11.8 Å². The molecule has 1 N–H and O–H groups in total. The maximum absolute atomic E-state index is 12.0. The summed E-state index contributed by atoms with van der Waals surface area (Å²) < 4.78 is 0. The minimum absolute atomic E-state index is 0.00215. The lowest BCUT2D eigenvalue weighted by Gasteiger charge is -2.40. The lowest BCUT2D eigenvalue weighted by Crippen LogP contribution is -2.47.